The lowest BCUT2D eigenvalue weighted by Crippen LogP contribution is -2.45. The lowest BCUT2D eigenvalue weighted by atomic mass is 9.93. The van der Waals surface area contributed by atoms with E-state index in [1.54, 1.807) is 60.7 Å². The van der Waals surface area contributed by atoms with Crippen LogP contribution in [-0.4, -0.2) is 56.5 Å². The van der Waals surface area contributed by atoms with E-state index in [0.29, 0.717) is 44.1 Å². The third-order valence-electron chi connectivity index (χ3n) is 5.94. The van der Waals surface area contributed by atoms with E-state index in [0.717, 1.165) is 4.90 Å². The molecule has 1 atom stereocenters. The van der Waals surface area contributed by atoms with Crippen LogP contribution in [0.2, 0.25) is 5.02 Å². The molecule has 4 aromatic rings. The SMILES string of the molecule is CN(C(=O)O)c1nc2ccc(C3(O)c4ccccc4C(=O)N3c3cc(N)cc(Cl)c3)cc2[nH]1.O=C(O)C(F)(F)F. The Hall–Kier alpha value is -4.82. The summed E-state index contributed by atoms with van der Waals surface area (Å²) in [6, 6.07) is 16.4. The molecule has 11 nitrogen and oxygen atoms in total. The van der Waals surface area contributed by atoms with E-state index in [-0.39, 0.29) is 5.95 Å². The van der Waals surface area contributed by atoms with Gasteiger partial charge >= 0.3 is 18.2 Å². The fourth-order valence-electron chi connectivity index (χ4n) is 4.14. The van der Waals surface area contributed by atoms with Crippen LogP contribution in [0.1, 0.15) is 21.5 Å². The number of benzene rings is 3. The van der Waals surface area contributed by atoms with Crippen LogP contribution in [0.15, 0.2) is 60.7 Å². The fraction of sp³-hybridized carbons (Fsp3) is 0.120. The van der Waals surface area contributed by atoms with E-state index in [1.165, 1.54) is 11.9 Å². The first-order valence-corrected chi connectivity index (χ1v) is 11.5. The van der Waals surface area contributed by atoms with E-state index >= 15 is 0 Å². The number of carboxylic acids is 1. The van der Waals surface area contributed by atoms with E-state index in [2.05, 4.69) is 9.97 Å². The average Bonchev–Trinajstić information content (AvgIpc) is 3.40. The summed E-state index contributed by atoms with van der Waals surface area (Å²) >= 11 is 6.20. The third kappa shape index (κ3) is 4.97. The number of H-pyrrole nitrogens is 1. The molecule has 0 aliphatic carbocycles. The zero-order chi connectivity index (χ0) is 29.6. The van der Waals surface area contributed by atoms with Crippen LogP contribution >= 0.6 is 11.6 Å². The number of carbonyl (C=O) groups is 3. The molecular formula is C25H19ClF3N5O6. The van der Waals surface area contributed by atoms with E-state index in [9.17, 15) is 33.0 Å². The molecule has 1 unspecified atom stereocenters. The number of hydrogen-bond donors (Lipinski definition) is 5. The lowest BCUT2D eigenvalue weighted by molar-refractivity contribution is -0.192. The highest BCUT2D eigenvalue weighted by atomic mass is 35.5. The van der Waals surface area contributed by atoms with Gasteiger partial charge in [-0.2, -0.15) is 13.2 Å². The normalized spacial score (nSPS) is 16.4. The summed E-state index contributed by atoms with van der Waals surface area (Å²) < 4.78 is 31.7. The minimum Gasteiger partial charge on any atom is -0.475 e. The Balaban J connectivity index is 0.000000470. The molecular weight excluding hydrogens is 559 g/mol. The molecule has 208 valence electrons. The van der Waals surface area contributed by atoms with Gasteiger partial charge in [-0.05, 0) is 36.4 Å². The minimum absolute atomic E-state index is 0.129. The van der Waals surface area contributed by atoms with Crippen molar-refractivity contribution >= 4 is 57.9 Å². The number of alkyl halides is 3. The summed E-state index contributed by atoms with van der Waals surface area (Å²) in [7, 11) is 1.37. The molecule has 1 aliphatic rings. The minimum atomic E-state index is -5.08. The smallest absolute Gasteiger partial charge is 0.475 e. The highest BCUT2D eigenvalue weighted by molar-refractivity contribution is 6.31. The number of rotatable bonds is 3. The number of carboxylic acid groups (broad SMARTS) is 2. The standard InChI is InChI=1S/C23H18ClN5O4.C2HF3O2/c1-28(22(31)32)21-26-18-7-6-12(8-19(18)27-21)23(33)17-5-3-2-4-16(17)20(30)29(23)15-10-13(24)9-14(25)11-15;3-2(4,5)1(6)7/h2-11,33H,25H2,1H3,(H,26,27)(H,31,32);(H,6,7). The molecule has 3 aromatic carbocycles. The molecule has 0 saturated carbocycles. The monoisotopic (exact) mass is 577 g/mol. The van der Waals surface area contributed by atoms with Crippen LogP contribution in [0.25, 0.3) is 11.0 Å². The van der Waals surface area contributed by atoms with Crippen molar-refractivity contribution in [3.05, 3.63) is 82.4 Å². The number of aliphatic carboxylic acids is 1. The maximum Gasteiger partial charge on any atom is 0.490 e. The van der Waals surface area contributed by atoms with Crippen molar-refractivity contribution in [3.63, 3.8) is 0 Å². The van der Waals surface area contributed by atoms with Crippen LogP contribution in [-0.2, 0) is 10.5 Å². The van der Waals surface area contributed by atoms with E-state index in [4.69, 9.17) is 27.2 Å². The summed E-state index contributed by atoms with van der Waals surface area (Å²) in [5, 5.41) is 28.8. The van der Waals surface area contributed by atoms with Crippen LogP contribution < -0.4 is 15.5 Å². The molecule has 15 heteroatoms. The number of nitrogens with one attached hydrogen (secondary N) is 1. The lowest BCUT2D eigenvalue weighted by Gasteiger charge is -2.35. The summed E-state index contributed by atoms with van der Waals surface area (Å²) in [6.45, 7) is 0. The number of nitrogens with zero attached hydrogens (tertiary/aromatic N) is 3. The maximum absolute atomic E-state index is 13.4. The van der Waals surface area contributed by atoms with Gasteiger partial charge in [0.1, 0.15) is 0 Å². The predicted octanol–water partition coefficient (Wildman–Crippen LogP) is 4.40. The van der Waals surface area contributed by atoms with Crippen molar-refractivity contribution in [2.75, 3.05) is 22.6 Å². The Morgan fingerprint density at radius 3 is 2.35 bits per heavy atom. The van der Waals surface area contributed by atoms with Crippen molar-refractivity contribution in [1.82, 2.24) is 9.97 Å². The largest absolute Gasteiger partial charge is 0.490 e. The van der Waals surface area contributed by atoms with Gasteiger partial charge in [0.2, 0.25) is 5.95 Å². The van der Waals surface area contributed by atoms with Crippen molar-refractivity contribution in [3.8, 4) is 0 Å². The number of imidazole rings is 1. The number of amides is 2. The molecule has 0 fully saturated rings. The first kappa shape index (κ1) is 28.2. The molecule has 40 heavy (non-hydrogen) atoms. The van der Waals surface area contributed by atoms with Crippen molar-refractivity contribution in [1.29, 1.82) is 0 Å². The highest BCUT2D eigenvalue weighted by Crippen LogP contribution is 2.46. The van der Waals surface area contributed by atoms with Gasteiger partial charge in [-0.3, -0.25) is 14.6 Å². The molecule has 6 N–H and O–H groups in total. The molecule has 0 saturated heterocycles. The Morgan fingerprint density at radius 2 is 1.75 bits per heavy atom. The first-order chi connectivity index (χ1) is 18.6. The number of fused-ring (bicyclic) bond motifs is 2. The molecule has 1 aliphatic heterocycles. The van der Waals surface area contributed by atoms with Gasteiger partial charge in [0.15, 0.2) is 5.72 Å². The Morgan fingerprint density at radius 1 is 1.10 bits per heavy atom. The van der Waals surface area contributed by atoms with Gasteiger partial charge in [0.25, 0.3) is 5.91 Å². The van der Waals surface area contributed by atoms with Gasteiger partial charge in [0.05, 0.1) is 16.7 Å². The number of anilines is 3. The predicted molar refractivity (Wildman–Crippen MR) is 138 cm³/mol. The molecule has 0 spiro atoms. The third-order valence-corrected chi connectivity index (χ3v) is 6.16. The zero-order valence-electron chi connectivity index (χ0n) is 20.3. The van der Waals surface area contributed by atoms with Crippen molar-refractivity contribution in [2.24, 2.45) is 0 Å². The van der Waals surface area contributed by atoms with E-state index in [1.807, 2.05) is 0 Å². The fourth-order valence-corrected chi connectivity index (χ4v) is 4.38. The Labute approximate surface area is 227 Å². The van der Waals surface area contributed by atoms with Crippen molar-refractivity contribution in [2.45, 2.75) is 11.9 Å². The quantitative estimate of drug-likeness (QED) is 0.223. The Bertz CT molecular complexity index is 1640. The summed E-state index contributed by atoms with van der Waals surface area (Å²) in [6.07, 6.45) is -6.26. The molecule has 2 heterocycles. The second kappa shape index (κ2) is 10.1. The number of nitrogens with two attached hydrogens (primary N) is 1. The second-order valence-corrected chi connectivity index (χ2v) is 8.97. The van der Waals surface area contributed by atoms with Crippen LogP contribution in [0.4, 0.5) is 35.3 Å². The van der Waals surface area contributed by atoms with Gasteiger partial charge in [-0.1, -0.05) is 35.9 Å². The summed E-state index contributed by atoms with van der Waals surface area (Å²) in [4.78, 5) is 43.0. The van der Waals surface area contributed by atoms with Crippen LogP contribution in [0.3, 0.4) is 0 Å². The summed E-state index contributed by atoms with van der Waals surface area (Å²) in [5.74, 6) is -3.04. The number of aromatic amines is 1. The number of carbonyl (C=O) groups excluding carboxylic acids is 1. The van der Waals surface area contributed by atoms with Gasteiger partial charge < -0.3 is 26.0 Å². The topological polar surface area (TPSA) is 173 Å². The summed E-state index contributed by atoms with van der Waals surface area (Å²) in [5.41, 5.74) is 6.88. The maximum atomic E-state index is 13.4. The van der Waals surface area contributed by atoms with Crippen LogP contribution in [0, 0.1) is 0 Å². The average molecular weight is 578 g/mol. The number of nitrogen functional groups attached to an aromatic ring is 1. The van der Waals surface area contributed by atoms with Gasteiger partial charge in [0, 0.05) is 34.4 Å². The van der Waals surface area contributed by atoms with Crippen LogP contribution in [0.5, 0.6) is 0 Å². The molecule has 5 rings (SSSR count). The molecule has 2 amide bonds. The number of hydrogen-bond acceptors (Lipinski definition) is 6. The number of aliphatic hydroxyl groups is 1. The Kier molecular flexibility index (Phi) is 7.09. The molecule has 1 aromatic heterocycles. The number of halogens is 4. The molecule has 0 radical (unpaired) electrons. The number of aromatic nitrogens is 2. The van der Waals surface area contributed by atoms with Gasteiger partial charge in [-0.25, -0.2) is 14.6 Å². The highest BCUT2D eigenvalue weighted by Gasteiger charge is 2.51. The second-order valence-electron chi connectivity index (χ2n) is 8.54. The van der Waals surface area contributed by atoms with E-state index < -0.39 is 29.9 Å². The molecule has 0 bridgehead atoms. The van der Waals surface area contributed by atoms with Crippen molar-refractivity contribution < 1.29 is 42.9 Å². The van der Waals surface area contributed by atoms with Gasteiger partial charge in [-0.15, -0.1) is 0 Å². The first-order valence-electron chi connectivity index (χ1n) is 11.1. The zero-order valence-corrected chi connectivity index (χ0v) is 21.0.